The van der Waals surface area contributed by atoms with Crippen LogP contribution < -0.4 is 5.32 Å². The van der Waals surface area contributed by atoms with E-state index in [-0.39, 0.29) is 30.1 Å². The van der Waals surface area contributed by atoms with E-state index in [1.54, 1.807) is 4.90 Å². The molecule has 0 saturated carbocycles. The topological polar surface area (TPSA) is 69.7 Å². The van der Waals surface area contributed by atoms with E-state index in [0.717, 1.165) is 37.8 Å². The predicted octanol–water partition coefficient (Wildman–Crippen LogP) is 2.25. The van der Waals surface area contributed by atoms with Crippen molar-refractivity contribution in [2.75, 3.05) is 26.2 Å². The Morgan fingerprint density at radius 3 is 2.64 bits per heavy atom. The molecule has 3 rings (SSSR count). The first kappa shape index (κ1) is 20.4. The highest BCUT2D eigenvalue weighted by Crippen LogP contribution is 2.20. The molecule has 2 aliphatic rings. The number of likely N-dealkylation sites (tertiary alicyclic amines) is 2. The van der Waals surface area contributed by atoms with E-state index in [4.69, 9.17) is 0 Å². The van der Waals surface area contributed by atoms with E-state index in [1.165, 1.54) is 5.56 Å². The number of carbonyl (C=O) groups excluding carboxylic acids is 3. The molecule has 6 nitrogen and oxygen atoms in total. The summed E-state index contributed by atoms with van der Waals surface area (Å²) in [6, 6.07) is 8.13. The fourth-order valence-corrected chi connectivity index (χ4v) is 3.92. The quantitative estimate of drug-likeness (QED) is 0.732. The molecule has 0 radical (unpaired) electrons. The Labute approximate surface area is 167 Å². The number of nitrogens with zero attached hydrogens (tertiary/aromatic N) is 2. The smallest absolute Gasteiger partial charge is 0.225 e. The van der Waals surface area contributed by atoms with Gasteiger partial charge in [0.15, 0.2) is 0 Å². The molecule has 0 spiro atoms. The van der Waals surface area contributed by atoms with Crippen LogP contribution in [-0.4, -0.2) is 53.7 Å². The summed E-state index contributed by atoms with van der Waals surface area (Å²) < 4.78 is 0. The molecule has 28 heavy (non-hydrogen) atoms. The van der Waals surface area contributed by atoms with Gasteiger partial charge in [-0.1, -0.05) is 36.2 Å². The summed E-state index contributed by atoms with van der Waals surface area (Å²) in [4.78, 5) is 40.4. The third-order valence-electron chi connectivity index (χ3n) is 5.65. The van der Waals surface area contributed by atoms with Crippen LogP contribution in [0, 0.1) is 12.8 Å². The number of amides is 3. The first-order valence-corrected chi connectivity index (χ1v) is 10.4. The second kappa shape index (κ2) is 9.71. The first-order chi connectivity index (χ1) is 13.5. The lowest BCUT2D eigenvalue weighted by molar-refractivity contribution is -0.131. The summed E-state index contributed by atoms with van der Waals surface area (Å²) in [5.41, 5.74) is 2.28. The van der Waals surface area contributed by atoms with Crippen molar-refractivity contribution in [2.45, 2.75) is 52.0 Å². The van der Waals surface area contributed by atoms with Gasteiger partial charge in [-0.05, 0) is 31.7 Å². The van der Waals surface area contributed by atoms with Gasteiger partial charge in [-0.25, -0.2) is 0 Å². The molecule has 0 bridgehead atoms. The number of benzene rings is 1. The summed E-state index contributed by atoms with van der Waals surface area (Å²) in [6.07, 6.45) is 4.86. The van der Waals surface area contributed by atoms with Crippen LogP contribution in [0.25, 0.3) is 0 Å². The molecule has 2 aliphatic heterocycles. The van der Waals surface area contributed by atoms with Gasteiger partial charge in [0.1, 0.15) is 0 Å². The zero-order valence-electron chi connectivity index (χ0n) is 16.8. The molecule has 2 heterocycles. The molecule has 1 unspecified atom stereocenters. The lowest BCUT2D eigenvalue weighted by Gasteiger charge is -2.20. The average molecular weight is 386 g/mol. The molecule has 1 N–H and O–H groups in total. The summed E-state index contributed by atoms with van der Waals surface area (Å²) in [7, 11) is 0. The van der Waals surface area contributed by atoms with Crippen molar-refractivity contribution in [3.63, 3.8) is 0 Å². The van der Waals surface area contributed by atoms with Crippen molar-refractivity contribution < 1.29 is 14.4 Å². The Balaban J connectivity index is 1.39. The van der Waals surface area contributed by atoms with Crippen molar-refractivity contribution in [2.24, 2.45) is 5.92 Å². The van der Waals surface area contributed by atoms with Crippen LogP contribution in [0.15, 0.2) is 24.3 Å². The van der Waals surface area contributed by atoms with Gasteiger partial charge in [0.25, 0.3) is 0 Å². The van der Waals surface area contributed by atoms with E-state index in [9.17, 15) is 14.4 Å². The van der Waals surface area contributed by atoms with E-state index >= 15 is 0 Å². The molecule has 2 fully saturated rings. The molecule has 6 heteroatoms. The fourth-order valence-electron chi connectivity index (χ4n) is 3.92. The number of aryl methyl sites for hydroxylation is 1. The molecule has 1 aromatic carbocycles. The lowest BCUT2D eigenvalue weighted by Crippen LogP contribution is -2.36. The molecule has 2 saturated heterocycles. The Morgan fingerprint density at radius 1 is 1.07 bits per heavy atom. The van der Waals surface area contributed by atoms with Crippen LogP contribution in [0.2, 0.25) is 0 Å². The van der Waals surface area contributed by atoms with Crippen molar-refractivity contribution in [3.8, 4) is 0 Å². The summed E-state index contributed by atoms with van der Waals surface area (Å²) >= 11 is 0. The largest absolute Gasteiger partial charge is 0.356 e. The summed E-state index contributed by atoms with van der Waals surface area (Å²) in [5, 5.41) is 2.95. The standard InChI is InChI=1S/C22H31N3O3/c1-17-7-9-18(10-8-17)15-25-16-19(14-21(25)27)22(28)23-11-5-13-24-12-4-2-3-6-20(24)26/h7-10,19H,2-6,11-16H2,1H3,(H,23,28). The van der Waals surface area contributed by atoms with E-state index in [0.29, 0.717) is 32.6 Å². The van der Waals surface area contributed by atoms with Crippen molar-refractivity contribution in [1.29, 1.82) is 0 Å². The van der Waals surface area contributed by atoms with E-state index in [1.807, 2.05) is 36.1 Å². The number of hydrogen-bond donors (Lipinski definition) is 1. The molecule has 0 aromatic heterocycles. The molecule has 3 amide bonds. The minimum Gasteiger partial charge on any atom is -0.356 e. The Morgan fingerprint density at radius 2 is 1.86 bits per heavy atom. The Bertz CT molecular complexity index is 701. The van der Waals surface area contributed by atoms with Crippen molar-refractivity contribution >= 4 is 17.7 Å². The van der Waals surface area contributed by atoms with Crippen LogP contribution in [0.5, 0.6) is 0 Å². The fraction of sp³-hybridized carbons (Fsp3) is 0.591. The average Bonchev–Trinajstić information content (AvgIpc) is 2.91. The zero-order chi connectivity index (χ0) is 19.9. The van der Waals surface area contributed by atoms with Crippen LogP contribution in [0.3, 0.4) is 0 Å². The minimum atomic E-state index is -0.280. The van der Waals surface area contributed by atoms with Gasteiger partial charge >= 0.3 is 0 Å². The van der Waals surface area contributed by atoms with E-state index in [2.05, 4.69) is 5.32 Å². The van der Waals surface area contributed by atoms with Gasteiger partial charge in [-0.3, -0.25) is 14.4 Å². The zero-order valence-corrected chi connectivity index (χ0v) is 16.8. The summed E-state index contributed by atoms with van der Waals surface area (Å²) in [6.45, 7) is 5.14. The highest BCUT2D eigenvalue weighted by Gasteiger charge is 2.34. The maximum absolute atomic E-state index is 12.4. The maximum Gasteiger partial charge on any atom is 0.225 e. The van der Waals surface area contributed by atoms with Gasteiger partial charge in [0.2, 0.25) is 17.7 Å². The number of carbonyl (C=O) groups is 3. The van der Waals surface area contributed by atoms with Gasteiger partial charge in [-0.15, -0.1) is 0 Å². The first-order valence-electron chi connectivity index (χ1n) is 10.4. The number of nitrogens with one attached hydrogen (secondary N) is 1. The van der Waals surface area contributed by atoms with Crippen LogP contribution in [-0.2, 0) is 20.9 Å². The van der Waals surface area contributed by atoms with Gasteiger partial charge in [0, 0.05) is 45.6 Å². The van der Waals surface area contributed by atoms with Gasteiger partial charge < -0.3 is 15.1 Å². The number of rotatable bonds is 7. The monoisotopic (exact) mass is 385 g/mol. The second-order valence-electron chi connectivity index (χ2n) is 8.00. The SMILES string of the molecule is Cc1ccc(CN2CC(C(=O)NCCCN3CCCCCC3=O)CC2=O)cc1. The maximum atomic E-state index is 12.4. The van der Waals surface area contributed by atoms with Crippen LogP contribution in [0.4, 0.5) is 0 Å². The molecular formula is C22H31N3O3. The van der Waals surface area contributed by atoms with Crippen molar-refractivity contribution in [1.82, 2.24) is 15.1 Å². The normalized spacial score (nSPS) is 20.4. The molecule has 0 aliphatic carbocycles. The molecule has 152 valence electrons. The molecular weight excluding hydrogens is 354 g/mol. The van der Waals surface area contributed by atoms with Crippen molar-refractivity contribution in [3.05, 3.63) is 35.4 Å². The predicted molar refractivity (Wildman–Crippen MR) is 107 cm³/mol. The van der Waals surface area contributed by atoms with Gasteiger partial charge in [0.05, 0.1) is 5.92 Å². The van der Waals surface area contributed by atoms with E-state index < -0.39 is 0 Å². The molecule has 1 atom stereocenters. The highest BCUT2D eigenvalue weighted by atomic mass is 16.2. The molecule has 1 aromatic rings. The Hall–Kier alpha value is -2.37. The third kappa shape index (κ3) is 5.57. The van der Waals surface area contributed by atoms with Crippen LogP contribution in [0.1, 0.15) is 49.7 Å². The lowest BCUT2D eigenvalue weighted by atomic mass is 10.1. The Kier molecular flexibility index (Phi) is 7.06. The highest BCUT2D eigenvalue weighted by molar-refractivity contribution is 5.89. The number of hydrogen-bond acceptors (Lipinski definition) is 3. The second-order valence-corrected chi connectivity index (χ2v) is 8.00. The summed E-state index contributed by atoms with van der Waals surface area (Å²) in [5.74, 6) is -0.0624. The van der Waals surface area contributed by atoms with Gasteiger partial charge in [-0.2, -0.15) is 0 Å². The minimum absolute atomic E-state index is 0.0379. The van der Waals surface area contributed by atoms with Crippen LogP contribution >= 0.6 is 0 Å². The third-order valence-corrected chi connectivity index (χ3v) is 5.65.